The van der Waals surface area contributed by atoms with Crippen LogP contribution in [0.15, 0.2) is 74.8 Å². The van der Waals surface area contributed by atoms with Crippen molar-refractivity contribution in [3.63, 3.8) is 0 Å². The number of carbonyl (C=O) groups is 1. The molecule has 0 unspecified atom stereocenters. The summed E-state index contributed by atoms with van der Waals surface area (Å²) in [6.45, 7) is 2.22. The molecule has 0 atom stereocenters. The maximum Gasteiger partial charge on any atom is 0.330 e. The normalized spacial score (nSPS) is 10.9. The maximum absolute atomic E-state index is 14.0. The third-order valence-electron chi connectivity index (χ3n) is 5.66. The number of nitrogen functional groups attached to an aromatic ring is 1. The van der Waals surface area contributed by atoms with Gasteiger partial charge in [0, 0.05) is 19.4 Å². The summed E-state index contributed by atoms with van der Waals surface area (Å²) in [5.41, 5.74) is 5.89. The van der Waals surface area contributed by atoms with E-state index in [-0.39, 0.29) is 60.6 Å². The highest BCUT2D eigenvalue weighted by atomic mass is 19.1. The monoisotopic (exact) mass is 491 g/mol. The molecule has 0 aliphatic carbocycles. The Morgan fingerprint density at radius 1 is 1.14 bits per heavy atom. The summed E-state index contributed by atoms with van der Waals surface area (Å²) in [6.07, 6.45) is 2.06. The van der Waals surface area contributed by atoms with E-state index in [1.165, 1.54) is 21.7 Å². The summed E-state index contributed by atoms with van der Waals surface area (Å²) in [4.78, 5) is 46.2. The Kier molecular flexibility index (Phi) is 7.43. The van der Waals surface area contributed by atoms with Crippen molar-refractivity contribution >= 4 is 17.4 Å². The fourth-order valence-electron chi connectivity index (χ4n) is 3.91. The fourth-order valence-corrected chi connectivity index (χ4v) is 3.91. The molecular formula is C26H26FN5O4. The van der Waals surface area contributed by atoms with Crippen molar-refractivity contribution in [1.82, 2.24) is 14.5 Å². The van der Waals surface area contributed by atoms with Gasteiger partial charge in [-0.1, -0.05) is 49.4 Å². The number of benzene rings is 2. The zero-order valence-electron chi connectivity index (χ0n) is 19.7. The first-order valence-electron chi connectivity index (χ1n) is 11.6. The second-order valence-electron chi connectivity index (χ2n) is 8.21. The average molecular weight is 492 g/mol. The summed E-state index contributed by atoms with van der Waals surface area (Å²) in [7, 11) is 0. The van der Waals surface area contributed by atoms with Gasteiger partial charge in [-0.25, -0.2) is 14.2 Å². The minimum atomic E-state index is -0.735. The molecular weight excluding hydrogens is 465 g/mol. The van der Waals surface area contributed by atoms with Gasteiger partial charge in [-0.15, -0.1) is 0 Å². The second kappa shape index (κ2) is 10.9. The zero-order valence-corrected chi connectivity index (χ0v) is 19.7. The van der Waals surface area contributed by atoms with Gasteiger partial charge >= 0.3 is 5.69 Å². The van der Waals surface area contributed by atoms with Crippen LogP contribution in [0, 0.1) is 5.82 Å². The number of amides is 1. The van der Waals surface area contributed by atoms with Crippen LogP contribution in [0.1, 0.15) is 31.2 Å². The molecule has 2 aromatic carbocycles. The molecule has 186 valence electrons. The highest BCUT2D eigenvalue weighted by Gasteiger charge is 2.24. The number of anilines is 2. The quantitative estimate of drug-likeness (QED) is 0.370. The lowest BCUT2D eigenvalue weighted by Crippen LogP contribution is -2.41. The van der Waals surface area contributed by atoms with Crippen LogP contribution < -0.4 is 21.9 Å². The molecule has 0 radical (unpaired) electrons. The van der Waals surface area contributed by atoms with Crippen LogP contribution in [0.5, 0.6) is 0 Å². The molecule has 0 spiro atoms. The van der Waals surface area contributed by atoms with Crippen molar-refractivity contribution in [1.29, 1.82) is 0 Å². The molecule has 3 N–H and O–H groups in total. The number of rotatable bonds is 9. The van der Waals surface area contributed by atoms with Gasteiger partial charge in [0.05, 0.1) is 18.3 Å². The fraction of sp³-hybridized carbons (Fsp3) is 0.231. The molecule has 10 heteroatoms. The highest BCUT2D eigenvalue weighted by molar-refractivity contribution is 5.95. The van der Waals surface area contributed by atoms with E-state index in [1.807, 2.05) is 37.3 Å². The lowest BCUT2D eigenvalue weighted by atomic mass is 10.2. The maximum atomic E-state index is 14.0. The van der Waals surface area contributed by atoms with E-state index in [9.17, 15) is 18.8 Å². The summed E-state index contributed by atoms with van der Waals surface area (Å²) < 4.78 is 20.9. The SMILES string of the molecule is CCCN(C(=O)CCc1ncc(-c2ccccc2F)o1)c1c(N)n(Cc2ccccc2)c(=O)[nH]c1=O. The Bertz CT molecular complexity index is 1480. The van der Waals surface area contributed by atoms with Gasteiger partial charge in [-0.3, -0.25) is 19.1 Å². The molecule has 0 saturated heterocycles. The van der Waals surface area contributed by atoms with Crippen LogP contribution in [-0.4, -0.2) is 27.0 Å². The number of aromatic nitrogens is 3. The van der Waals surface area contributed by atoms with Gasteiger partial charge in [0.15, 0.2) is 17.3 Å². The molecule has 4 aromatic rings. The van der Waals surface area contributed by atoms with Crippen LogP contribution in [0.3, 0.4) is 0 Å². The van der Waals surface area contributed by atoms with Crippen molar-refractivity contribution in [2.45, 2.75) is 32.7 Å². The number of carbonyl (C=O) groups excluding carboxylic acids is 1. The van der Waals surface area contributed by atoms with E-state index >= 15 is 0 Å². The highest BCUT2D eigenvalue weighted by Crippen LogP contribution is 2.24. The predicted molar refractivity (Wildman–Crippen MR) is 134 cm³/mol. The number of halogens is 1. The van der Waals surface area contributed by atoms with Crippen molar-refractivity contribution in [2.75, 3.05) is 17.2 Å². The summed E-state index contributed by atoms with van der Waals surface area (Å²) in [5, 5.41) is 0. The van der Waals surface area contributed by atoms with E-state index in [4.69, 9.17) is 10.2 Å². The third-order valence-corrected chi connectivity index (χ3v) is 5.66. The van der Waals surface area contributed by atoms with E-state index in [1.54, 1.807) is 18.2 Å². The van der Waals surface area contributed by atoms with Gasteiger partial charge in [-0.05, 0) is 24.1 Å². The topological polar surface area (TPSA) is 127 Å². The number of aromatic amines is 1. The molecule has 0 fully saturated rings. The second-order valence-corrected chi connectivity index (χ2v) is 8.21. The number of oxazole rings is 1. The molecule has 1 amide bonds. The molecule has 2 aromatic heterocycles. The summed E-state index contributed by atoms with van der Waals surface area (Å²) >= 11 is 0. The smallest absolute Gasteiger partial charge is 0.330 e. The van der Waals surface area contributed by atoms with Gasteiger partial charge in [-0.2, -0.15) is 0 Å². The first-order chi connectivity index (χ1) is 17.4. The standard InChI is InChI=1S/C26H26FN5O4/c1-2-14-31(22(33)13-12-21-29-15-20(36-21)18-10-6-7-11-19(18)27)23-24(28)32(26(35)30-25(23)34)16-17-8-4-3-5-9-17/h3-11,15H,2,12-14,16,28H2,1H3,(H,30,34,35). The van der Waals surface area contributed by atoms with Crippen LogP contribution in [0.4, 0.5) is 15.9 Å². The Hall–Kier alpha value is -4.47. The molecule has 36 heavy (non-hydrogen) atoms. The van der Waals surface area contributed by atoms with Crippen LogP contribution in [0.25, 0.3) is 11.3 Å². The number of nitrogens with one attached hydrogen (secondary N) is 1. The third kappa shape index (κ3) is 5.27. The van der Waals surface area contributed by atoms with Crippen LogP contribution >= 0.6 is 0 Å². The summed E-state index contributed by atoms with van der Waals surface area (Å²) in [5.74, 6) is -0.397. The van der Waals surface area contributed by atoms with Gasteiger partial charge < -0.3 is 15.1 Å². The molecule has 2 heterocycles. The van der Waals surface area contributed by atoms with Gasteiger partial charge in [0.25, 0.3) is 5.56 Å². The zero-order chi connectivity index (χ0) is 25.7. The van der Waals surface area contributed by atoms with Crippen LogP contribution in [-0.2, 0) is 17.8 Å². The summed E-state index contributed by atoms with van der Waals surface area (Å²) in [6, 6.07) is 15.3. The van der Waals surface area contributed by atoms with Crippen molar-refractivity contribution in [3.05, 3.63) is 98.9 Å². The number of aryl methyl sites for hydroxylation is 1. The van der Waals surface area contributed by atoms with Crippen LogP contribution in [0.2, 0.25) is 0 Å². The average Bonchev–Trinajstić information content (AvgIpc) is 3.34. The Morgan fingerprint density at radius 2 is 1.86 bits per heavy atom. The molecule has 0 bridgehead atoms. The minimum Gasteiger partial charge on any atom is -0.441 e. The number of hydrogen-bond donors (Lipinski definition) is 2. The number of nitrogens with zero attached hydrogens (tertiary/aromatic N) is 3. The van der Waals surface area contributed by atoms with Crippen molar-refractivity contribution in [3.8, 4) is 11.3 Å². The Morgan fingerprint density at radius 3 is 2.58 bits per heavy atom. The Labute approximate surface area is 206 Å². The number of nitrogens with two attached hydrogens (primary N) is 1. The molecule has 9 nitrogen and oxygen atoms in total. The van der Waals surface area contributed by atoms with Crippen molar-refractivity contribution < 1.29 is 13.6 Å². The number of H-pyrrole nitrogens is 1. The first-order valence-corrected chi connectivity index (χ1v) is 11.6. The van der Waals surface area contributed by atoms with Crippen molar-refractivity contribution in [2.24, 2.45) is 0 Å². The molecule has 0 aliphatic heterocycles. The predicted octanol–water partition coefficient (Wildman–Crippen LogP) is 3.34. The van der Waals surface area contributed by atoms with E-state index < -0.39 is 17.1 Å². The van der Waals surface area contributed by atoms with E-state index in [0.717, 1.165) is 5.56 Å². The lowest BCUT2D eigenvalue weighted by molar-refractivity contribution is -0.118. The number of hydrogen-bond acceptors (Lipinski definition) is 6. The molecule has 0 saturated carbocycles. The van der Waals surface area contributed by atoms with Gasteiger partial charge in [0.1, 0.15) is 11.6 Å². The minimum absolute atomic E-state index is 0.0338. The lowest BCUT2D eigenvalue weighted by Gasteiger charge is -2.24. The Balaban J connectivity index is 1.57. The molecule has 4 rings (SSSR count). The largest absolute Gasteiger partial charge is 0.441 e. The van der Waals surface area contributed by atoms with E-state index in [0.29, 0.717) is 6.42 Å². The van der Waals surface area contributed by atoms with E-state index in [2.05, 4.69) is 9.97 Å². The van der Waals surface area contributed by atoms with Gasteiger partial charge in [0.2, 0.25) is 5.91 Å². The first kappa shape index (κ1) is 24.6. The molecule has 0 aliphatic rings.